The predicted octanol–water partition coefficient (Wildman–Crippen LogP) is -0.190. The topological polar surface area (TPSA) is 150 Å². The number of nitrogens with zero attached hydrogens (tertiary/aromatic N) is 1. The number of para-hydroxylation sites is 1. The van der Waals surface area contributed by atoms with Crippen molar-refractivity contribution in [1.82, 2.24) is 20.2 Å². The molecule has 2 aromatic rings. The van der Waals surface area contributed by atoms with Crippen molar-refractivity contribution in [1.29, 1.82) is 0 Å². The van der Waals surface area contributed by atoms with Gasteiger partial charge in [0.2, 0.25) is 11.8 Å². The van der Waals surface area contributed by atoms with Crippen LogP contribution in [0.15, 0.2) is 33.9 Å². The zero-order valence-corrected chi connectivity index (χ0v) is 16.4. The number of rotatable bonds is 8. The van der Waals surface area contributed by atoms with E-state index in [0.29, 0.717) is 5.52 Å². The maximum absolute atomic E-state index is 12.5. The van der Waals surface area contributed by atoms with Gasteiger partial charge in [0.05, 0.1) is 10.9 Å². The van der Waals surface area contributed by atoms with Crippen molar-refractivity contribution < 1.29 is 19.5 Å². The summed E-state index contributed by atoms with van der Waals surface area (Å²) >= 11 is 0. The molecule has 0 aliphatic carbocycles. The van der Waals surface area contributed by atoms with Crippen LogP contribution in [0.1, 0.15) is 27.2 Å². The van der Waals surface area contributed by atoms with Crippen LogP contribution < -0.4 is 21.9 Å². The van der Waals surface area contributed by atoms with Crippen molar-refractivity contribution >= 4 is 28.7 Å². The number of hydrogen-bond acceptors (Lipinski definition) is 5. The van der Waals surface area contributed by atoms with E-state index in [4.69, 9.17) is 5.11 Å². The van der Waals surface area contributed by atoms with E-state index in [-0.39, 0.29) is 17.7 Å². The minimum atomic E-state index is -1.21. The molecule has 156 valence electrons. The number of carbonyl (C=O) groups excluding carboxylic acids is 2. The molecule has 4 N–H and O–H groups in total. The van der Waals surface area contributed by atoms with E-state index in [0.717, 1.165) is 4.57 Å². The molecule has 0 saturated carbocycles. The number of benzene rings is 1. The number of aliphatic carboxylic acids is 1. The summed E-state index contributed by atoms with van der Waals surface area (Å²) < 4.78 is 0.752. The highest BCUT2D eigenvalue weighted by molar-refractivity contribution is 5.90. The Bertz CT molecular complexity index is 1040. The van der Waals surface area contributed by atoms with Gasteiger partial charge < -0.3 is 20.7 Å². The maximum atomic E-state index is 12.5. The first-order valence-corrected chi connectivity index (χ1v) is 9.14. The van der Waals surface area contributed by atoms with E-state index in [1.54, 1.807) is 18.2 Å². The highest BCUT2D eigenvalue weighted by Gasteiger charge is 2.25. The van der Waals surface area contributed by atoms with Crippen LogP contribution in [0.2, 0.25) is 0 Å². The molecule has 1 aromatic carbocycles. The molecule has 0 spiro atoms. The molecule has 1 aromatic heterocycles. The lowest BCUT2D eigenvalue weighted by atomic mass is 10.0. The summed E-state index contributed by atoms with van der Waals surface area (Å²) in [6.45, 7) is 4.41. The Morgan fingerprint density at radius 1 is 1.10 bits per heavy atom. The number of aromatic nitrogens is 2. The molecule has 29 heavy (non-hydrogen) atoms. The van der Waals surface area contributed by atoms with Gasteiger partial charge in [-0.2, -0.15) is 0 Å². The average molecular weight is 404 g/mol. The Hall–Kier alpha value is -3.43. The first kappa shape index (κ1) is 21.9. The molecule has 0 saturated heterocycles. The minimum Gasteiger partial charge on any atom is -0.480 e. The number of H-pyrrole nitrogens is 1. The van der Waals surface area contributed by atoms with E-state index in [1.165, 1.54) is 13.0 Å². The number of aromatic amines is 1. The van der Waals surface area contributed by atoms with Crippen molar-refractivity contribution in [3.05, 3.63) is 45.1 Å². The highest BCUT2D eigenvalue weighted by atomic mass is 16.4. The van der Waals surface area contributed by atoms with Gasteiger partial charge in [0.1, 0.15) is 18.6 Å². The fraction of sp³-hybridized carbons (Fsp3) is 0.421. The number of hydrogen-bond donors (Lipinski definition) is 4. The van der Waals surface area contributed by atoms with Gasteiger partial charge in [-0.05, 0) is 31.4 Å². The van der Waals surface area contributed by atoms with Crippen molar-refractivity contribution in [2.45, 2.75) is 45.8 Å². The van der Waals surface area contributed by atoms with Crippen molar-refractivity contribution in [2.24, 2.45) is 5.92 Å². The number of amides is 2. The van der Waals surface area contributed by atoms with E-state index in [2.05, 4.69) is 15.6 Å². The fourth-order valence-corrected chi connectivity index (χ4v) is 2.80. The molecule has 10 nitrogen and oxygen atoms in total. The smallest absolute Gasteiger partial charge is 0.329 e. The minimum absolute atomic E-state index is 0.0259. The number of nitrogens with one attached hydrogen (secondary N) is 3. The molecule has 0 bridgehead atoms. The van der Waals surface area contributed by atoms with E-state index in [9.17, 15) is 24.0 Å². The molecule has 2 atom stereocenters. The second kappa shape index (κ2) is 9.18. The van der Waals surface area contributed by atoms with Gasteiger partial charge in [-0.1, -0.05) is 26.0 Å². The normalized spacial score (nSPS) is 13.1. The molecule has 0 unspecified atom stereocenters. The zero-order valence-electron chi connectivity index (χ0n) is 16.4. The largest absolute Gasteiger partial charge is 0.480 e. The second-order valence-corrected chi connectivity index (χ2v) is 7.19. The monoisotopic (exact) mass is 404 g/mol. The summed E-state index contributed by atoms with van der Waals surface area (Å²) in [4.78, 5) is 63.0. The Balaban J connectivity index is 2.21. The van der Waals surface area contributed by atoms with Gasteiger partial charge in [-0.3, -0.25) is 23.7 Å². The number of carboxylic acid groups (broad SMARTS) is 1. The average Bonchev–Trinajstić information content (AvgIpc) is 2.64. The third-order valence-corrected chi connectivity index (χ3v) is 4.28. The van der Waals surface area contributed by atoms with Gasteiger partial charge in [0.25, 0.3) is 5.56 Å². The molecule has 0 fully saturated rings. The predicted molar refractivity (Wildman–Crippen MR) is 105 cm³/mol. The Morgan fingerprint density at radius 2 is 1.76 bits per heavy atom. The molecule has 2 amide bonds. The highest BCUT2D eigenvalue weighted by Crippen LogP contribution is 2.06. The first-order valence-electron chi connectivity index (χ1n) is 9.14. The number of fused-ring (bicyclic) bond motifs is 1. The van der Waals surface area contributed by atoms with E-state index < -0.39 is 47.7 Å². The number of carbonyl (C=O) groups is 3. The lowest BCUT2D eigenvalue weighted by Gasteiger charge is -2.21. The summed E-state index contributed by atoms with van der Waals surface area (Å²) in [5.74, 6) is -2.54. The van der Waals surface area contributed by atoms with Gasteiger partial charge >= 0.3 is 11.7 Å². The lowest BCUT2D eigenvalue weighted by molar-refractivity contribution is -0.141. The van der Waals surface area contributed by atoms with Crippen molar-refractivity contribution in [3.8, 4) is 0 Å². The summed E-state index contributed by atoms with van der Waals surface area (Å²) in [6.07, 6.45) is 0.257. The van der Waals surface area contributed by atoms with E-state index >= 15 is 0 Å². The second-order valence-electron chi connectivity index (χ2n) is 7.19. The molecular weight excluding hydrogens is 380 g/mol. The first-order chi connectivity index (χ1) is 13.6. The summed E-state index contributed by atoms with van der Waals surface area (Å²) in [5.41, 5.74) is -1.00. The van der Waals surface area contributed by atoms with Crippen LogP contribution >= 0.6 is 0 Å². The summed E-state index contributed by atoms with van der Waals surface area (Å²) in [7, 11) is 0. The Kier molecular flexibility index (Phi) is 6.92. The van der Waals surface area contributed by atoms with Crippen LogP contribution in [0.25, 0.3) is 10.9 Å². The zero-order chi connectivity index (χ0) is 21.7. The van der Waals surface area contributed by atoms with Gasteiger partial charge in [0.15, 0.2) is 0 Å². The van der Waals surface area contributed by atoms with Crippen molar-refractivity contribution in [3.63, 3.8) is 0 Å². The standard InChI is InChI=1S/C19H24N4O6/c1-10(2)8-14(16(25)20-11(3)18(27)28)21-15(24)9-23-17(26)12-6-4-5-7-13(12)22-19(23)29/h4-7,10-11,14H,8-9H2,1-3H3,(H,20,25)(H,21,24)(H,22,29)(H,27,28)/t11-,14+/m1/s1. The molecule has 0 radical (unpaired) electrons. The molecular formula is C19H24N4O6. The third-order valence-electron chi connectivity index (χ3n) is 4.28. The third kappa shape index (κ3) is 5.53. The van der Waals surface area contributed by atoms with Crippen LogP contribution in [-0.4, -0.2) is 44.5 Å². The quantitative estimate of drug-likeness (QED) is 0.479. The van der Waals surface area contributed by atoms with Gasteiger partial charge in [-0.25, -0.2) is 4.79 Å². The maximum Gasteiger partial charge on any atom is 0.329 e. The van der Waals surface area contributed by atoms with Crippen LogP contribution in [0.5, 0.6) is 0 Å². The molecule has 0 aliphatic heterocycles. The van der Waals surface area contributed by atoms with Crippen LogP contribution in [0, 0.1) is 5.92 Å². The molecule has 10 heteroatoms. The van der Waals surface area contributed by atoms with Gasteiger partial charge in [-0.15, -0.1) is 0 Å². The summed E-state index contributed by atoms with van der Waals surface area (Å²) in [5, 5.41) is 14.0. The molecule has 1 heterocycles. The fourth-order valence-electron chi connectivity index (χ4n) is 2.80. The Morgan fingerprint density at radius 3 is 2.38 bits per heavy atom. The van der Waals surface area contributed by atoms with Gasteiger partial charge in [0, 0.05) is 0 Å². The number of carboxylic acids is 1. The lowest BCUT2D eigenvalue weighted by Crippen LogP contribution is -2.52. The summed E-state index contributed by atoms with van der Waals surface area (Å²) in [6, 6.07) is 4.29. The van der Waals surface area contributed by atoms with Crippen LogP contribution in [0.4, 0.5) is 0 Å². The molecule has 2 rings (SSSR count). The van der Waals surface area contributed by atoms with E-state index in [1.807, 2.05) is 13.8 Å². The van der Waals surface area contributed by atoms with Crippen molar-refractivity contribution in [2.75, 3.05) is 0 Å². The molecule has 0 aliphatic rings. The Labute approximate surface area is 165 Å². The SMILES string of the molecule is CC(C)C[C@H](NC(=O)Cn1c(=O)[nH]c2ccccc2c1=O)C(=O)N[C@H](C)C(=O)O. The van der Waals surface area contributed by atoms with Crippen LogP contribution in [-0.2, 0) is 20.9 Å². The van der Waals surface area contributed by atoms with Crippen LogP contribution in [0.3, 0.4) is 0 Å².